The predicted octanol–water partition coefficient (Wildman–Crippen LogP) is 2.03. The van der Waals surface area contributed by atoms with E-state index in [-0.39, 0.29) is 17.0 Å². The molecule has 0 amide bonds. The number of aryl methyl sites for hydroxylation is 1. The number of benzene rings is 1. The number of aromatic nitrogens is 2. The number of nitrogens with zero attached hydrogens (tertiary/aromatic N) is 1. The van der Waals surface area contributed by atoms with Gasteiger partial charge in [0.15, 0.2) is 0 Å². The Balaban J connectivity index is 2.61. The number of rotatable bonds is 3. The summed E-state index contributed by atoms with van der Waals surface area (Å²) in [5, 5.41) is 10.1. The molecule has 0 radical (unpaired) electrons. The van der Waals surface area contributed by atoms with E-state index in [1.807, 2.05) is 32.0 Å². The highest BCUT2D eigenvalue weighted by molar-refractivity contribution is 5.67. The van der Waals surface area contributed by atoms with Gasteiger partial charge in [-0.3, -0.25) is 4.79 Å². The van der Waals surface area contributed by atoms with Crippen LogP contribution >= 0.6 is 0 Å². The summed E-state index contributed by atoms with van der Waals surface area (Å²) in [6.45, 7) is 5.58. The van der Waals surface area contributed by atoms with E-state index in [0.29, 0.717) is 17.8 Å². The zero-order chi connectivity index (χ0) is 14.9. The highest BCUT2D eigenvalue weighted by Gasteiger charge is 2.24. The molecule has 0 aliphatic rings. The Morgan fingerprint density at radius 2 is 2.15 bits per heavy atom. The summed E-state index contributed by atoms with van der Waals surface area (Å²) in [4.78, 5) is 19.0. The fourth-order valence-corrected chi connectivity index (χ4v) is 1.96. The molecule has 0 saturated carbocycles. The molecule has 2 rings (SSSR count). The molecule has 1 unspecified atom stereocenters. The summed E-state index contributed by atoms with van der Waals surface area (Å²) in [5.74, 6) is -0.00150. The molecule has 0 aliphatic carbocycles. The van der Waals surface area contributed by atoms with Crippen molar-refractivity contribution in [3.8, 4) is 17.0 Å². The lowest BCUT2D eigenvalue weighted by Gasteiger charge is -2.21. The quantitative estimate of drug-likeness (QED) is 0.798. The molecule has 5 heteroatoms. The molecule has 1 aromatic heterocycles. The van der Waals surface area contributed by atoms with Gasteiger partial charge in [-0.2, -0.15) is 4.98 Å². The molecule has 1 aromatic carbocycles. The van der Waals surface area contributed by atoms with E-state index in [4.69, 9.17) is 5.73 Å². The molecule has 20 heavy (non-hydrogen) atoms. The molecule has 0 fully saturated rings. The van der Waals surface area contributed by atoms with Gasteiger partial charge in [0, 0.05) is 0 Å². The Morgan fingerprint density at radius 1 is 1.45 bits per heavy atom. The molecule has 0 saturated heterocycles. The van der Waals surface area contributed by atoms with Gasteiger partial charge in [-0.05, 0) is 25.8 Å². The van der Waals surface area contributed by atoms with Gasteiger partial charge >= 0.3 is 0 Å². The van der Waals surface area contributed by atoms with E-state index >= 15 is 0 Å². The summed E-state index contributed by atoms with van der Waals surface area (Å²) < 4.78 is 0. The Hall–Kier alpha value is -2.14. The number of aromatic hydroxyl groups is 1. The van der Waals surface area contributed by atoms with Crippen LogP contribution in [0.15, 0.2) is 29.1 Å². The van der Waals surface area contributed by atoms with Crippen molar-refractivity contribution in [3.63, 3.8) is 0 Å². The number of hydrogen-bond acceptors (Lipinski definition) is 4. The minimum Gasteiger partial charge on any atom is -0.493 e. The standard InChI is InChI=1S/C15H19N3O2/c1-4-15(3,16)14-17-12(19)11(13(20)18-14)10-7-5-6-9(2)8-10/h5-8H,4,16H2,1-3H3,(H2,17,18,19,20). The molecule has 5 nitrogen and oxygen atoms in total. The maximum Gasteiger partial charge on any atom is 0.262 e. The summed E-state index contributed by atoms with van der Waals surface area (Å²) in [5.41, 5.74) is 6.69. The van der Waals surface area contributed by atoms with Crippen LogP contribution in [0.25, 0.3) is 11.1 Å². The van der Waals surface area contributed by atoms with E-state index in [9.17, 15) is 9.90 Å². The monoisotopic (exact) mass is 273 g/mol. The molecule has 1 heterocycles. The molecule has 1 atom stereocenters. The summed E-state index contributed by atoms with van der Waals surface area (Å²) in [6, 6.07) is 7.34. The van der Waals surface area contributed by atoms with E-state index in [1.54, 1.807) is 13.0 Å². The zero-order valence-electron chi connectivity index (χ0n) is 11.9. The van der Waals surface area contributed by atoms with Crippen molar-refractivity contribution in [1.82, 2.24) is 9.97 Å². The van der Waals surface area contributed by atoms with Crippen molar-refractivity contribution >= 4 is 0 Å². The largest absolute Gasteiger partial charge is 0.493 e. The van der Waals surface area contributed by atoms with Crippen molar-refractivity contribution in [2.45, 2.75) is 32.7 Å². The maximum absolute atomic E-state index is 12.2. The number of H-pyrrole nitrogens is 1. The van der Waals surface area contributed by atoms with Crippen LogP contribution in [0.5, 0.6) is 5.88 Å². The third-order valence-electron chi connectivity index (χ3n) is 3.48. The maximum atomic E-state index is 12.2. The van der Waals surface area contributed by atoms with E-state index in [0.717, 1.165) is 5.56 Å². The second kappa shape index (κ2) is 5.09. The van der Waals surface area contributed by atoms with Gasteiger partial charge in [0.1, 0.15) is 11.4 Å². The average molecular weight is 273 g/mol. The SMILES string of the molecule is CCC(C)(N)c1nc(O)c(-c2cccc(C)c2)c(=O)[nH]1. The number of hydrogen-bond donors (Lipinski definition) is 3. The van der Waals surface area contributed by atoms with E-state index in [1.165, 1.54) is 0 Å². The van der Waals surface area contributed by atoms with Crippen LogP contribution in [0.2, 0.25) is 0 Å². The van der Waals surface area contributed by atoms with Crippen LogP contribution in [0, 0.1) is 6.92 Å². The van der Waals surface area contributed by atoms with E-state index in [2.05, 4.69) is 9.97 Å². The van der Waals surface area contributed by atoms with Gasteiger partial charge < -0.3 is 15.8 Å². The molecule has 0 spiro atoms. The Morgan fingerprint density at radius 3 is 2.70 bits per heavy atom. The number of nitrogens with one attached hydrogen (secondary N) is 1. The minimum atomic E-state index is -0.776. The lowest BCUT2D eigenvalue weighted by molar-refractivity contribution is 0.410. The summed E-state index contributed by atoms with van der Waals surface area (Å²) in [7, 11) is 0. The summed E-state index contributed by atoms with van der Waals surface area (Å²) in [6.07, 6.45) is 0.596. The van der Waals surface area contributed by atoms with Crippen LogP contribution in [0.4, 0.5) is 0 Å². The number of aromatic amines is 1. The molecule has 2 aromatic rings. The van der Waals surface area contributed by atoms with Gasteiger partial charge in [0.2, 0.25) is 5.88 Å². The fraction of sp³-hybridized carbons (Fsp3) is 0.333. The average Bonchev–Trinajstić information content (AvgIpc) is 2.38. The highest BCUT2D eigenvalue weighted by Crippen LogP contribution is 2.26. The van der Waals surface area contributed by atoms with Crippen molar-refractivity contribution in [2.75, 3.05) is 0 Å². The highest BCUT2D eigenvalue weighted by atomic mass is 16.3. The van der Waals surface area contributed by atoms with Gasteiger partial charge in [0.25, 0.3) is 5.56 Å². The first kappa shape index (κ1) is 14.3. The van der Waals surface area contributed by atoms with Gasteiger partial charge in [-0.15, -0.1) is 0 Å². The van der Waals surface area contributed by atoms with Crippen molar-refractivity contribution in [1.29, 1.82) is 0 Å². The van der Waals surface area contributed by atoms with Crippen LogP contribution < -0.4 is 11.3 Å². The lowest BCUT2D eigenvalue weighted by Crippen LogP contribution is -2.36. The third-order valence-corrected chi connectivity index (χ3v) is 3.48. The second-order valence-corrected chi connectivity index (χ2v) is 5.25. The molecule has 106 valence electrons. The Kier molecular flexibility index (Phi) is 3.63. The normalized spacial score (nSPS) is 14.0. The van der Waals surface area contributed by atoms with Crippen LogP contribution in [0.1, 0.15) is 31.7 Å². The topological polar surface area (TPSA) is 92.0 Å². The van der Waals surface area contributed by atoms with Gasteiger partial charge in [-0.25, -0.2) is 0 Å². The first-order valence-corrected chi connectivity index (χ1v) is 6.55. The first-order chi connectivity index (χ1) is 9.35. The smallest absolute Gasteiger partial charge is 0.262 e. The molecule has 0 bridgehead atoms. The number of nitrogens with two attached hydrogens (primary N) is 1. The second-order valence-electron chi connectivity index (χ2n) is 5.25. The summed E-state index contributed by atoms with van der Waals surface area (Å²) >= 11 is 0. The van der Waals surface area contributed by atoms with Crippen LogP contribution in [-0.4, -0.2) is 15.1 Å². The molecular formula is C15H19N3O2. The third kappa shape index (κ3) is 2.58. The molecular weight excluding hydrogens is 254 g/mol. The van der Waals surface area contributed by atoms with Gasteiger partial charge in [0.05, 0.1) is 5.54 Å². The van der Waals surface area contributed by atoms with Crippen molar-refractivity contribution < 1.29 is 5.11 Å². The fourth-order valence-electron chi connectivity index (χ4n) is 1.96. The zero-order valence-corrected chi connectivity index (χ0v) is 11.9. The van der Waals surface area contributed by atoms with Crippen molar-refractivity contribution in [3.05, 3.63) is 46.0 Å². The Bertz CT molecular complexity index is 690. The lowest BCUT2D eigenvalue weighted by atomic mass is 9.99. The predicted molar refractivity (Wildman–Crippen MR) is 78.5 cm³/mol. The van der Waals surface area contributed by atoms with Crippen LogP contribution in [-0.2, 0) is 5.54 Å². The molecule has 4 N–H and O–H groups in total. The van der Waals surface area contributed by atoms with Crippen molar-refractivity contribution in [2.24, 2.45) is 5.73 Å². The van der Waals surface area contributed by atoms with E-state index < -0.39 is 5.54 Å². The first-order valence-electron chi connectivity index (χ1n) is 6.55. The Labute approximate surface area is 117 Å². The molecule has 0 aliphatic heterocycles. The minimum absolute atomic E-state index is 0.171. The van der Waals surface area contributed by atoms with Crippen LogP contribution in [0.3, 0.4) is 0 Å². The van der Waals surface area contributed by atoms with Gasteiger partial charge in [-0.1, -0.05) is 36.8 Å².